The van der Waals surface area contributed by atoms with Gasteiger partial charge in [0.2, 0.25) is 11.8 Å². The molecule has 234 valence electrons. The van der Waals surface area contributed by atoms with E-state index in [1.165, 1.54) is 7.11 Å². The van der Waals surface area contributed by atoms with Gasteiger partial charge in [-0.15, -0.1) is 0 Å². The minimum atomic E-state index is -1.09. The first-order valence-corrected chi connectivity index (χ1v) is 14.3. The fourth-order valence-electron chi connectivity index (χ4n) is 4.90. The molecule has 4 bridgehead atoms. The summed E-state index contributed by atoms with van der Waals surface area (Å²) in [6.07, 6.45) is -0.262. The van der Waals surface area contributed by atoms with Crippen LogP contribution in [0, 0.1) is 5.92 Å². The van der Waals surface area contributed by atoms with Crippen molar-refractivity contribution in [3.8, 4) is 22.6 Å². The average molecular weight is 598 g/mol. The predicted octanol–water partition coefficient (Wildman–Crippen LogP) is 3.55. The highest BCUT2D eigenvalue weighted by atomic mass is 16.6. The Labute approximate surface area is 253 Å². The van der Waals surface area contributed by atoms with Crippen molar-refractivity contribution >= 4 is 23.9 Å². The Morgan fingerprint density at radius 3 is 1.93 bits per heavy atom. The van der Waals surface area contributed by atoms with E-state index in [-0.39, 0.29) is 18.8 Å². The number of amides is 3. The number of hydrogen-bond acceptors (Lipinski definition) is 8. The van der Waals surface area contributed by atoms with E-state index >= 15 is 0 Å². The lowest BCUT2D eigenvalue weighted by atomic mass is 9.95. The van der Waals surface area contributed by atoms with Gasteiger partial charge in [-0.2, -0.15) is 0 Å². The van der Waals surface area contributed by atoms with Crippen molar-refractivity contribution in [2.24, 2.45) is 5.92 Å². The number of methoxy groups -OCH3 is 3. The lowest BCUT2D eigenvalue weighted by molar-refractivity contribution is -0.145. The molecule has 0 aromatic heterocycles. The SMILES string of the molecule is COC(=O)[C@@H]1Cc2ccc(OC)c(c2)-c2cc(ccc2OC)C[C@@H](NC(=O)OC(C)(C)C)C(=O)N[C@H](CC(C)C)C(=O)N1. The van der Waals surface area contributed by atoms with Gasteiger partial charge in [-0.1, -0.05) is 26.0 Å². The minimum absolute atomic E-state index is 0.0280. The highest BCUT2D eigenvalue weighted by molar-refractivity contribution is 5.93. The third-order valence-corrected chi connectivity index (χ3v) is 6.85. The van der Waals surface area contributed by atoms with Gasteiger partial charge in [-0.3, -0.25) is 9.59 Å². The normalized spacial score (nSPS) is 19.2. The molecule has 43 heavy (non-hydrogen) atoms. The van der Waals surface area contributed by atoms with E-state index in [0.717, 1.165) is 5.56 Å². The Kier molecular flexibility index (Phi) is 11.0. The number of esters is 1. The smallest absolute Gasteiger partial charge is 0.408 e. The summed E-state index contributed by atoms with van der Waals surface area (Å²) in [5.74, 6) is -0.611. The van der Waals surface area contributed by atoms with E-state index in [0.29, 0.717) is 34.6 Å². The van der Waals surface area contributed by atoms with E-state index in [9.17, 15) is 19.2 Å². The summed E-state index contributed by atoms with van der Waals surface area (Å²) < 4.78 is 21.8. The van der Waals surface area contributed by atoms with Gasteiger partial charge in [-0.05, 0) is 68.5 Å². The monoisotopic (exact) mass is 597 g/mol. The van der Waals surface area contributed by atoms with Gasteiger partial charge in [0, 0.05) is 24.0 Å². The van der Waals surface area contributed by atoms with Crippen LogP contribution >= 0.6 is 0 Å². The van der Waals surface area contributed by atoms with Crippen LogP contribution < -0.4 is 25.4 Å². The zero-order valence-electron chi connectivity index (χ0n) is 26.2. The van der Waals surface area contributed by atoms with E-state index in [1.54, 1.807) is 53.2 Å². The average Bonchev–Trinajstić information content (AvgIpc) is 2.93. The van der Waals surface area contributed by atoms with Crippen LogP contribution in [0.15, 0.2) is 36.4 Å². The molecule has 0 aliphatic carbocycles. The first-order valence-electron chi connectivity index (χ1n) is 14.3. The van der Waals surface area contributed by atoms with E-state index in [4.69, 9.17) is 18.9 Å². The maximum absolute atomic E-state index is 13.7. The highest BCUT2D eigenvalue weighted by Gasteiger charge is 2.32. The fraction of sp³-hybridized carbons (Fsp3) is 0.500. The number of alkyl carbamates (subject to hydrolysis) is 1. The van der Waals surface area contributed by atoms with Crippen molar-refractivity contribution in [2.45, 2.75) is 77.6 Å². The summed E-state index contributed by atoms with van der Waals surface area (Å²) >= 11 is 0. The van der Waals surface area contributed by atoms with Crippen molar-refractivity contribution in [1.82, 2.24) is 16.0 Å². The number of benzene rings is 2. The molecule has 0 saturated heterocycles. The third-order valence-electron chi connectivity index (χ3n) is 6.85. The van der Waals surface area contributed by atoms with Crippen molar-refractivity contribution in [3.63, 3.8) is 0 Å². The van der Waals surface area contributed by atoms with Crippen LogP contribution in [0.25, 0.3) is 11.1 Å². The maximum atomic E-state index is 13.7. The molecule has 3 N–H and O–H groups in total. The van der Waals surface area contributed by atoms with Gasteiger partial charge in [0.25, 0.3) is 0 Å². The van der Waals surface area contributed by atoms with Gasteiger partial charge in [-0.25, -0.2) is 9.59 Å². The van der Waals surface area contributed by atoms with Crippen molar-refractivity contribution < 1.29 is 38.1 Å². The molecule has 1 heterocycles. The first-order chi connectivity index (χ1) is 20.2. The number of fused-ring (bicyclic) bond motifs is 5. The number of ether oxygens (including phenoxy) is 4. The molecule has 2 aromatic rings. The molecule has 3 rings (SSSR count). The predicted molar refractivity (Wildman–Crippen MR) is 161 cm³/mol. The van der Waals surface area contributed by atoms with Crippen molar-refractivity contribution in [1.29, 1.82) is 0 Å². The number of hydrogen-bond donors (Lipinski definition) is 3. The lowest BCUT2D eigenvalue weighted by Gasteiger charge is -2.27. The number of carbonyl (C=O) groups excluding carboxylic acids is 4. The molecule has 3 atom stereocenters. The second-order valence-corrected chi connectivity index (χ2v) is 12.0. The Morgan fingerprint density at radius 2 is 1.44 bits per heavy atom. The second kappa shape index (κ2) is 14.3. The molecule has 11 nitrogen and oxygen atoms in total. The van der Waals surface area contributed by atoms with Gasteiger partial charge >= 0.3 is 12.1 Å². The van der Waals surface area contributed by atoms with Crippen LogP contribution in [0.2, 0.25) is 0 Å². The molecule has 3 amide bonds. The Balaban J connectivity index is 2.20. The van der Waals surface area contributed by atoms with E-state index < -0.39 is 47.6 Å². The Hall–Kier alpha value is -4.28. The molecule has 0 fully saturated rings. The summed E-state index contributed by atoms with van der Waals surface area (Å²) in [4.78, 5) is 52.9. The number of carbonyl (C=O) groups is 4. The van der Waals surface area contributed by atoms with Crippen LogP contribution in [0.4, 0.5) is 4.79 Å². The van der Waals surface area contributed by atoms with E-state index in [1.807, 2.05) is 32.0 Å². The van der Waals surface area contributed by atoms with Gasteiger partial charge in [0.05, 0.1) is 21.3 Å². The first kappa shape index (κ1) is 33.2. The summed E-state index contributed by atoms with van der Waals surface area (Å²) in [6, 6.07) is 7.81. The zero-order valence-corrected chi connectivity index (χ0v) is 26.2. The molecule has 0 saturated carbocycles. The van der Waals surface area contributed by atoms with Crippen LogP contribution in [0.5, 0.6) is 11.5 Å². The summed E-state index contributed by atoms with van der Waals surface area (Å²) in [5.41, 5.74) is 2.02. The Bertz CT molecular complexity index is 1330. The number of rotatable bonds is 6. The standard InChI is InChI=1S/C32H43N3O8/c1-18(2)13-23-28(36)34-25(30(38)42-8)17-20-10-12-27(41-7)22(15-20)21-14-19(9-11-26(21)40-6)16-24(29(37)33-23)35-31(39)43-32(3,4)5/h9-12,14-15,18,23-25H,13,16-17H2,1-8H3,(H,33,37)(H,34,36)(H,35,39)/t23-,24-,25+/m1/s1. The van der Waals surface area contributed by atoms with Crippen LogP contribution in [0.1, 0.15) is 52.2 Å². The maximum Gasteiger partial charge on any atom is 0.408 e. The van der Waals surface area contributed by atoms with Gasteiger partial charge in [0.1, 0.15) is 35.2 Å². The second-order valence-electron chi connectivity index (χ2n) is 12.0. The molecule has 1 aliphatic heterocycles. The summed E-state index contributed by atoms with van der Waals surface area (Å²) in [6.45, 7) is 9.01. The number of nitrogens with one attached hydrogen (secondary N) is 3. The van der Waals surface area contributed by atoms with Gasteiger partial charge in [0.15, 0.2) is 0 Å². The molecule has 0 unspecified atom stereocenters. The molecule has 11 heteroatoms. The van der Waals surface area contributed by atoms with Crippen LogP contribution in [-0.2, 0) is 36.7 Å². The minimum Gasteiger partial charge on any atom is -0.496 e. The summed E-state index contributed by atoms with van der Waals surface area (Å²) in [7, 11) is 4.35. The molecule has 1 aliphatic rings. The molecular formula is C32H43N3O8. The third kappa shape index (κ3) is 9.10. The van der Waals surface area contributed by atoms with E-state index in [2.05, 4.69) is 16.0 Å². The molecule has 0 spiro atoms. The van der Waals surface area contributed by atoms with Crippen molar-refractivity contribution in [3.05, 3.63) is 47.5 Å². The Morgan fingerprint density at radius 1 is 0.884 bits per heavy atom. The van der Waals surface area contributed by atoms with Gasteiger partial charge < -0.3 is 34.9 Å². The van der Waals surface area contributed by atoms with Crippen molar-refractivity contribution in [2.75, 3.05) is 21.3 Å². The summed E-state index contributed by atoms with van der Waals surface area (Å²) in [5, 5.41) is 8.24. The van der Waals surface area contributed by atoms with Crippen LogP contribution in [-0.4, -0.2) is 68.9 Å². The zero-order chi connectivity index (χ0) is 31.9. The largest absolute Gasteiger partial charge is 0.496 e. The quantitative estimate of drug-likeness (QED) is 0.430. The topological polar surface area (TPSA) is 141 Å². The molecule has 2 aromatic carbocycles. The highest BCUT2D eigenvalue weighted by Crippen LogP contribution is 2.38. The lowest BCUT2D eigenvalue weighted by Crippen LogP contribution is -2.57. The fourth-order valence-corrected chi connectivity index (χ4v) is 4.90. The van der Waals surface area contributed by atoms with Crippen LogP contribution in [0.3, 0.4) is 0 Å². The molecular weight excluding hydrogens is 554 g/mol. The molecule has 0 radical (unpaired) electrons.